The van der Waals surface area contributed by atoms with E-state index in [1.165, 1.54) is 38.5 Å². The molecule has 100 valence electrons. The van der Waals surface area contributed by atoms with E-state index in [-0.39, 0.29) is 6.10 Å². The Labute approximate surface area is 105 Å². The summed E-state index contributed by atoms with van der Waals surface area (Å²) in [6, 6.07) is 0.521. The van der Waals surface area contributed by atoms with Crippen LogP contribution < -0.4 is 11.1 Å². The molecular weight excluding hydrogens is 214 g/mol. The molecule has 3 N–H and O–H groups in total. The maximum Gasteiger partial charge on any atom is 0.188 e. The van der Waals surface area contributed by atoms with E-state index in [1.54, 1.807) is 0 Å². The Morgan fingerprint density at radius 3 is 2.53 bits per heavy atom. The normalized spacial score (nSPS) is 19.4. The maximum atomic E-state index is 5.86. The highest BCUT2D eigenvalue weighted by atomic mass is 16.5. The average molecular weight is 241 g/mol. The highest BCUT2D eigenvalue weighted by molar-refractivity contribution is 5.78. The summed E-state index contributed by atoms with van der Waals surface area (Å²) in [7, 11) is 0. The third-order valence-electron chi connectivity index (χ3n) is 3.03. The van der Waals surface area contributed by atoms with Crippen LogP contribution in [-0.4, -0.2) is 31.3 Å². The van der Waals surface area contributed by atoms with Crippen LogP contribution in [0.25, 0.3) is 0 Å². The molecule has 1 fully saturated rings. The average Bonchev–Trinajstić information content (AvgIpc) is 2.53. The van der Waals surface area contributed by atoms with Crippen molar-refractivity contribution in [2.75, 3.05) is 13.2 Å². The minimum Gasteiger partial charge on any atom is -0.377 e. The van der Waals surface area contributed by atoms with Crippen LogP contribution in [0, 0.1) is 0 Å². The van der Waals surface area contributed by atoms with Crippen molar-refractivity contribution in [2.45, 2.75) is 64.5 Å². The van der Waals surface area contributed by atoms with Gasteiger partial charge < -0.3 is 15.8 Å². The number of rotatable bonds is 5. The molecule has 0 amide bonds. The number of hydrogen-bond acceptors (Lipinski definition) is 2. The van der Waals surface area contributed by atoms with E-state index in [0.29, 0.717) is 25.2 Å². The first-order valence-electron chi connectivity index (χ1n) is 6.86. The van der Waals surface area contributed by atoms with E-state index in [4.69, 9.17) is 10.5 Å². The fraction of sp³-hybridized carbons (Fsp3) is 0.923. The predicted molar refractivity (Wildman–Crippen MR) is 72.2 cm³/mol. The Morgan fingerprint density at radius 1 is 1.29 bits per heavy atom. The van der Waals surface area contributed by atoms with Crippen molar-refractivity contribution in [3.63, 3.8) is 0 Å². The summed E-state index contributed by atoms with van der Waals surface area (Å²) in [4.78, 5) is 4.28. The molecular formula is C13H27N3O. The van der Waals surface area contributed by atoms with Crippen LogP contribution in [0.1, 0.15) is 52.4 Å². The van der Waals surface area contributed by atoms with E-state index < -0.39 is 0 Å². The van der Waals surface area contributed by atoms with Gasteiger partial charge in [0, 0.05) is 6.04 Å². The monoisotopic (exact) mass is 241 g/mol. The van der Waals surface area contributed by atoms with Crippen LogP contribution in [0.2, 0.25) is 0 Å². The second-order valence-corrected chi connectivity index (χ2v) is 5.02. The van der Waals surface area contributed by atoms with E-state index in [0.717, 1.165) is 0 Å². The van der Waals surface area contributed by atoms with Gasteiger partial charge in [-0.05, 0) is 26.7 Å². The summed E-state index contributed by atoms with van der Waals surface area (Å²) in [6.45, 7) is 5.34. The molecule has 0 aromatic heterocycles. The first kappa shape index (κ1) is 14.3. The molecule has 0 spiro atoms. The van der Waals surface area contributed by atoms with Crippen molar-refractivity contribution >= 4 is 5.96 Å². The molecule has 1 aliphatic carbocycles. The standard InChI is InChI=1S/C13H27N3O/c1-11(2)17-10-9-15-13(14)16-12-7-5-3-4-6-8-12/h11-12H,3-10H2,1-2H3,(H3,14,15,16). The van der Waals surface area contributed by atoms with Gasteiger partial charge in [-0.2, -0.15) is 0 Å². The molecule has 17 heavy (non-hydrogen) atoms. The Bertz CT molecular complexity index is 221. The van der Waals surface area contributed by atoms with Crippen LogP contribution in [0.15, 0.2) is 4.99 Å². The van der Waals surface area contributed by atoms with Gasteiger partial charge in [0.2, 0.25) is 0 Å². The molecule has 1 aliphatic rings. The second kappa shape index (κ2) is 8.34. The first-order valence-corrected chi connectivity index (χ1v) is 6.86. The van der Waals surface area contributed by atoms with Gasteiger partial charge in [0.1, 0.15) is 0 Å². The molecule has 0 heterocycles. The van der Waals surface area contributed by atoms with E-state index in [9.17, 15) is 0 Å². The Balaban J connectivity index is 2.17. The Kier molecular flexibility index (Phi) is 7.01. The van der Waals surface area contributed by atoms with Crippen molar-refractivity contribution < 1.29 is 4.74 Å². The number of guanidine groups is 1. The quantitative estimate of drug-likeness (QED) is 0.335. The summed E-state index contributed by atoms with van der Waals surface area (Å²) in [5.41, 5.74) is 5.86. The summed E-state index contributed by atoms with van der Waals surface area (Å²) in [5.74, 6) is 0.573. The second-order valence-electron chi connectivity index (χ2n) is 5.02. The molecule has 0 aromatic rings. The van der Waals surface area contributed by atoms with Gasteiger partial charge in [-0.25, -0.2) is 0 Å². The predicted octanol–water partition coefficient (Wildman–Crippen LogP) is 2.04. The lowest BCUT2D eigenvalue weighted by Crippen LogP contribution is -2.40. The summed E-state index contributed by atoms with van der Waals surface area (Å²) in [5, 5.41) is 3.32. The topological polar surface area (TPSA) is 59.6 Å². The smallest absolute Gasteiger partial charge is 0.188 e. The van der Waals surface area contributed by atoms with Crippen molar-refractivity contribution in [1.82, 2.24) is 5.32 Å². The molecule has 4 heteroatoms. The van der Waals surface area contributed by atoms with Gasteiger partial charge in [0.15, 0.2) is 5.96 Å². The lowest BCUT2D eigenvalue weighted by atomic mass is 10.1. The molecule has 0 radical (unpaired) electrons. The SMILES string of the molecule is CC(C)OCCN=C(N)NC1CCCCCC1. The number of ether oxygens (including phenoxy) is 1. The van der Waals surface area contributed by atoms with Crippen LogP contribution in [0.4, 0.5) is 0 Å². The molecule has 1 rings (SSSR count). The van der Waals surface area contributed by atoms with E-state index >= 15 is 0 Å². The third kappa shape index (κ3) is 7.21. The molecule has 1 saturated carbocycles. The van der Waals surface area contributed by atoms with Crippen molar-refractivity contribution in [1.29, 1.82) is 0 Å². The zero-order valence-electron chi connectivity index (χ0n) is 11.2. The number of aliphatic imine (C=N–C) groups is 1. The summed E-state index contributed by atoms with van der Waals surface area (Å²) >= 11 is 0. The number of nitrogens with zero attached hydrogens (tertiary/aromatic N) is 1. The molecule has 0 aromatic carbocycles. The largest absolute Gasteiger partial charge is 0.377 e. The third-order valence-corrected chi connectivity index (χ3v) is 3.03. The van der Waals surface area contributed by atoms with Crippen molar-refractivity contribution in [2.24, 2.45) is 10.7 Å². The highest BCUT2D eigenvalue weighted by Gasteiger charge is 2.11. The van der Waals surface area contributed by atoms with Gasteiger partial charge in [-0.1, -0.05) is 25.7 Å². The first-order chi connectivity index (χ1) is 8.18. The summed E-state index contributed by atoms with van der Waals surface area (Å²) < 4.78 is 5.41. The number of hydrogen-bond donors (Lipinski definition) is 2. The van der Waals surface area contributed by atoms with Crippen molar-refractivity contribution in [3.05, 3.63) is 0 Å². The highest BCUT2D eigenvalue weighted by Crippen LogP contribution is 2.16. The molecule has 4 nitrogen and oxygen atoms in total. The minimum absolute atomic E-state index is 0.265. The fourth-order valence-electron chi connectivity index (χ4n) is 2.13. The van der Waals surface area contributed by atoms with Gasteiger partial charge in [-0.15, -0.1) is 0 Å². The summed E-state index contributed by atoms with van der Waals surface area (Å²) in [6.07, 6.45) is 8.04. The lowest BCUT2D eigenvalue weighted by Gasteiger charge is -2.16. The van der Waals surface area contributed by atoms with E-state index in [1.807, 2.05) is 13.8 Å². The van der Waals surface area contributed by atoms with Gasteiger partial charge in [0.25, 0.3) is 0 Å². The van der Waals surface area contributed by atoms with Crippen LogP contribution in [0.5, 0.6) is 0 Å². The molecule has 0 aliphatic heterocycles. The zero-order valence-corrected chi connectivity index (χ0v) is 11.2. The molecule has 0 bridgehead atoms. The maximum absolute atomic E-state index is 5.86. The minimum atomic E-state index is 0.265. The number of nitrogens with one attached hydrogen (secondary N) is 1. The van der Waals surface area contributed by atoms with Gasteiger partial charge in [-0.3, -0.25) is 4.99 Å². The van der Waals surface area contributed by atoms with Crippen LogP contribution in [0.3, 0.4) is 0 Å². The van der Waals surface area contributed by atoms with E-state index in [2.05, 4.69) is 10.3 Å². The fourth-order valence-corrected chi connectivity index (χ4v) is 2.13. The Morgan fingerprint density at radius 2 is 1.94 bits per heavy atom. The van der Waals surface area contributed by atoms with Gasteiger partial charge >= 0.3 is 0 Å². The molecule has 0 unspecified atom stereocenters. The van der Waals surface area contributed by atoms with Crippen LogP contribution in [-0.2, 0) is 4.74 Å². The van der Waals surface area contributed by atoms with Crippen LogP contribution >= 0.6 is 0 Å². The molecule has 0 saturated heterocycles. The zero-order chi connectivity index (χ0) is 12.5. The number of nitrogens with two attached hydrogens (primary N) is 1. The molecule has 0 atom stereocenters. The lowest BCUT2D eigenvalue weighted by molar-refractivity contribution is 0.0853. The van der Waals surface area contributed by atoms with Gasteiger partial charge in [0.05, 0.1) is 19.3 Å². The Hall–Kier alpha value is -0.770. The van der Waals surface area contributed by atoms with Crippen molar-refractivity contribution in [3.8, 4) is 0 Å².